The zero-order valence-corrected chi connectivity index (χ0v) is 16.7. The van der Waals surface area contributed by atoms with Crippen LogP contribution in [0.3, 0.4) is 0 Å². The van der Waals surface area contributed by atoms with Crippen molar-refractivity contribution in [1.29, 1.82) is 0 Å². The largest absolute Gasteiger partial charge is 0.494 e. The first kappa shape index (κ1) is 18.3. The number of benzene rings is 2. The molecule has 0 unspecified atom stereocenters. The van der Waals surface area contributed by atoms with Crippen molar-refractivity contribution >= 4 is 17.5 Å². The van der Waals surface area contributed by atoms with E-state index in [1.165, 1.54) is 4.90 Å². The van der Waals surface area contributed by atoms with Gasteiger partial charge in [-0.1, -0.05) is 30.3 Å². The van der Waals surface area contributed by atoms with E-state index in [-0.39, 0.29) is 17.9 Å². The molecule has 6 nitrogen and oxygen atoms in total. The lowest BCUT2D eigenvalue weighted by molar-refractivity contribution is -0.131. The lowest BCUT2D eigenvalue weighted by Gasteiger charge is -2.33. The minimum atomic E-state index is -0.854. The molecule has 0 N–H and O–H groups in total. The van der Waals surface area contributed by atoms with Crippen LogP contribution in [0.2, 0.25) is 0 Å². The van der Waals surface area contributed by atoms with Crippen molar-refractivity contribution in [1.82, 2.24) is 10.0 Å². The number of carbonyl (C=O) groups is 2. The van der Waals surface area contributed by atoms with Crippen molar-refractivity contribution in [3.05, 3.63) is 60.2 Å². The third-order valence-corrected chi connectivity index (χ3v) is 6.52. The lowest BCUT2D eigenvalue weighted by Crippen LogP contribution is -2.52. The second-order valence-electron chi connectivity index (χ2n) is 8.03. The van der Waals surface area contributed by atoms with E-state index in [0.717, 1.165) is 30.8 Å². The van der Waals surface area contributed by atoms with Gasteiger partial charge in [0.05, 0.1) is 24.3 Å². The van der Waals surface area contributed by atoms with Crippen molar-refractivity contribution in [3.8, 4) is 5.75 Å². The molecular weight excluding hydrogens is 366 g/mol. The first-order chi connectivity index (χ1) is 14.1. The Kier molecular flexibility index (Phi) is 4.22. The molecule has 3 atom stereocenters. The molecule has 3 aliphatic heterocycles. The van der Waals surface area contributed by atoms with Gasteiger partial charge in [-0.05, 0) is 50.1 Å². The highest BCUT2D eigenvalue weighted by molar-refractivity contribution is 6.26. The number of ether oxygens (including phenoxy) is 1. The molecule has 3 fully saturated rings. The first-order valence-electron chi connectivity index (χ1n) is 10.3. The number of amides is 2. The molecule has 3 saturated heterocycles. The van der Waals surface area contributed by atoms with Crippen molar-refractivity contribution in [2.45, 2.75) is 31.8 Å². The maximum absolute atomic E-state index is 13.7. The predicted molar refractivity (Wildman–Crippen MR) is 109 cm³/mol. The Hall–Kier alpha value is -2.70. The molecule has 3 heterocycles. The summed E-state index contributed by atoms with van der Waals surface area (Å²) in [6.07, 6.45) is 0.996. The van der Waals surface area contributed by atoms with Crippen LogP contribution in [-0.2, 0) is 9.59 Å². The summed E-state index contributed by atoms with van der Waals surface area (Å²) in [4.78, 5) is 28.7. The highest BCUT2D eigenvalue weighted by Crippen LogP contribution is 2.54. The summed E-state index contributed by atoms with van der Waals surface area (Å²) in [5, 5.41) is 4.38. The molecule has 2 aromatic rings. The third-order valence-electron chi connectivity index (χ3n) is 6.52. The van der Waals surface area contributed by atoms with Gasteiger partial charge in [0.2, 0.25) is 5.91 Å². The molecule has 0 radical (unpaired) electrons. The Bertz CT molecular complexity index is 946. The van der Waals surface area contributed by atoms with Gasteiger partial charge in [-0.25, -0.2) is 14.9 Å². The predicted octanol–water partition coefficient (Wildman–Crippen LogP) is 3.01. The summed E-state index contributed by atoms with van der Waals surface area (Å²) in [7, 11) is 0. The first-order valence-corrected chi connectivity index (χ1v) is 10.3. The second kappa shape index (κ2) is 6.68. The maximum Gasteiger partial charge on any atom is 0.256 e. The molecule has 6 heteroatoms. The van der Waals surface area contributed by atoms with E-state index in [2.05, 4.69) is 22.2 Å². The monoisotopic (exact) mass is 391 g/mol. The number of hydrogen-bond acceptors (Lipinski definition) is 5. The van der Waals surface area contributed by atoms with E-state index in [1.54, 1.807) is 12.1 Å². The van der Waals surface area contributed by atoms with Crippen LogP contribution in [0.1, 0.15) is 31.9 Å². The quantitative estimate of drug-likeness (QED) is 0.750. The van der Waals surface area contributed by atoms with Crippen LogP contribution in [0, 0.1) is 5.92 Å². The SMILES string of the molecule is CCOc1ccc(N2C(=O)[C@H]3[C@H](c4ccccc4)N4CCCN4[C@]3(C)C2=O)cc1. The Morgan fingerprint density at radius 1 is 1.03 bits per heavy atom. The van der Waals surface area contributed by atoms with E-state index in [0.29, 0.717) is 12.3 Å². The molecule has 150 valence electrons. The van der Waals surface area contributed by atoms with Crippen molar-refractivity contribution in [3.63, 3.8) is 0 Å². The minimum Gasteiger partial charge on any atom is -0.494 e. The van der Waals surface area contributed by atoms with Gasteiger partial charge < -0.3 is 4.74 Å². The van der Waals surface area contributed by atoms with E-state index in [4.69, 9.17) is 4.74 Å². The standard InChI is InChI=1S/C23H25N3O3/c1-3-29-18-12-10-17(11-13-18)26-21(27)19-20(16-8-5-4-6-9-16)24-14-7-15-25(24)23(19,2)22(26)28/h4-6,8-13,19-20H,3,7,14-15H2,1-2H3/t19-,20+,23+/m1/s1. The molecule has 0 aromatic heterocycles. The van der Waals surface area contributed by atoms with Crippen LogP contribution >= 0.6 is 0 Å². The van der Waals surface area contributed by atoms with Crippen molar-refractivity contribution in [2.75, 3.05) is 24.6 Å². The van der Waals surface area contributed by atoms with E-state index in [1.807, 2.05) is 44.2 Å². The molecule has 3 aliphatic rings. The summed E-state index contributed by atoms with van der Waals surface area (Å²) in [6, 6.07) is 17.2. The number of carbonyl (C=O) groups excluding carboxylic acids is 2. The Morgan fingerprint density at radius 2 is 1.76 bits per heavy atom. The second-order valence-corrected chi connectivity index (χ2v) is 8.03. The van der Waals surface area contributed by atoms with Gasteiger partial charge in [0.1, 0.15) is 11.3 Å². The number of hydrazine groups is 1. The fourth-order valence-corrected chi connectivity index (χ4v) is 5.26. The number of anilines is 1. The van der Waals surface area contributed by atoms with Gasteiger partial charge >= 0.3 is 0 Å². The minimum absolute atomic E-state index is 0.118. The van der Waals surface area contributed by atoms with Crippen LogP contribution in [0.4, 0.5) is 5.69 Å². The van der Waals surface area contributed by atoms with Gasteiger partial charge in [0, 0.05) is 13.1 Å². The number of fused-ring (bicyclic) bond motifs is 3. The number of rotatable bonds is 4. The maximum atomic E-state index is 13.7. The van der Waals surface area contributed by atoms with Crippen LogP contribution in [-0.4, -0.2) is 47.1 Å². The van der Waals surface area contributed by atoms with Crippen LogP contribution in [0.25, 0.3) is 0 Å². The topological polar surface area (TPSA) is 53.1 Å². The Labute approximate surface area is 170 Å². The van der Waals surface area contributed by atoms with Gasteiger partial charge in [0.25, 0.3) is 5.91 Å². The summed E-state index contributed by atoms with van der Waals surface area (Å²) >= 11 is 0. The number of nitrogens with zero attached hydrogens (tertiary/aromatic N) is 3. The fourth-order valence-electron chi connectivity index (χ4n) is 5.26. The molecule has 2 amide bonds. The average Bonchev–Trinajstić information content (AvgIpc) is 3.36. The number of hydrogen-bond donors (Lipinski definition) is 0. The molecular formula is C23H25N3O3. The molecule has 0 bridgehead atoms. The fraction of sp³-hybridized carbons (Fsp3) is 0.391. The molecule has 0 aliphatic carbocycles. The van der Waals surface area contributed by atoms with E-state index >= 15 is 0 Å². The van der Waals surface area contributed by atoms with E-state index in [9.17, 15) is 9.59 Å². The van der Waals surface area contributed by atoms with Crippen LogP contribution in [0.15, 0.2) is 54.6 Å². The zero-order chi connectivity index (χ0) is 20.2. The summed E-state index contributed by atoms with van der Waals surface area (Å²) in [6.45, 7) is 6.11. The Morgan fingerprint density at radius 3 is 2.45 bits per heavy atom. The van der Waals surface area contributed by atoms with Crippen LogP contribution < -0.4 is 9.64 Å². The number of imide groups is 1. The zero-order valence-electron chi connectivity index (χ0n) is 16.7. The van der Waals surface area contributed by atoms with Gasteiger partial charge in [0.15, 0.2) is 0 Å². The normalized spacial score (nSPS) is 29.4. The van der Waals surface area contributed by atoms with Crippen molar-refractivity contribution < 1.29 is 14.3 Å². The Balaban J connectivity index is 1.57. The highest BCUT2D eigenvalue weighted by atomic mass is 16.5. The molecule has 0 saturated carbocycles. The van der Waals surface area contributed by atoms with Gasteiger partial charge in [-0.2, -0.15) is 0 Å². The van der Waals surface area contributed by atoms with Gasteiger partial charge in [-0.3, -0.25) is 9.59 Å². The summed E-state index contributed by atoms with van der Waals surface area (Å²) in [5.41, 5.74) is 0.839. The molecule has 2 aromatic carbocycles. The summed E-state index contributed by atoms with van der Waals surface area (Å²) < 4.78 is 5.50. The highest BCUT2D eigenvalue weighted by Gasteiger charge is 2.70. The smallest absolute Gasteiger partial charge is 0.256 e. The third kappa shape index (κ3) is 2.49. The van der Waals surface area contributed by atoms with E-state index < -0.39 is 11.5 Å². The average molecular weight is 391 g/mol. The summed E-state index contributed by atoms with van der Waals surface area (Å²) in [5.74, 6) is 0.0470. The molecule has 5 rings (SSSR count). The lowest BCUT2D eigenvalue weighted by atomic mass is 9.81. The van der Waals surface area contributed by atoms with Crippen molar-refractivity contribution in [2.24, 2.45) is 5.92 Å². The molecule has 29 heavy (non-hydrogen) atoms. The van der Waals surface area contributed by atoms with Gasteiger partial charge in [-0.15, -0.1) is 0 Å². The van der Waals surface area contributed by atoms with Crippen LogP contribution in [0.5, 0.6) is 5.75 Å². The molecule has 0 spiro atoms.